The quantitative estimate of drug-likeness (QED) is 0.534. The van der Waals surface area contributed by atoms with Gasteiger partial charge < -0.3 is 14.7 Å². The molecular formula is C23H18ClF2NO4. The van der Waals surface area contributed by atoms with Gasteiger partial charge in [0.15, 0.2) is 0 Å². The minimum Gasteiger partial charge on any atom is -0.489 e. The number of rotatable bonds is 8. The van der Waals surface area contributed by atoms with Crippen LogP contribution in [0, 0.1) is 11.6 Å². The third-order valence-corrected chi connectivity index (χ3v) is 4.71. The zero-order valence-corrected chi connectivity index (χ0v) is 17.0. The Balaban J connectivity index is 1.71. The molecule has 0 unspecified atom stereocenters. The van der Waals surface area contributed by atoms with Gasteiger partial charge in [0, 0.05) is 17.7 Å². The summed E-state index contributed by atoms with van der Waals surface area (Å²) in [7, 11) is 0. The molecular weight excluding hydrogens is 428 g/mol. The molecule has 0 atom stereocenters. The van der Waals surface area contributed by atoms with Gasteiger partial charge in [-0.25, -0.2) is 8.78 Å². The van der Waals surface area contributed by atoms with Gasteiger partial charge in [0.1, 0.15) is 30.5 Å². The molecule has 3 rings (SSSR count). The number of hydrogen-bond acceptors (Lipinski definition) is 3. The molecule has 1 amide bonds. The molecule has 3 aromatic carbocycles. The molecule has 0 aliphatic rings. The minimum absolute atomic E-state index is 0.0242. The van der Waals surface area contributed by atoms with E-state index < -0.39 is 24.2 Å². The Morgan fingerprint density at radius 1 is 0.968 bits per heavy atom. The van der Waals surface area contributed by atoms with Crippen LogP contribution in [0.3, 0.4) is 0 Å². The van der Waals surface area contributed by atoms with Crippen LogP contribution in [0.5, 0.6) is 5.75 Å². The van der Waals surface area contributed by atoms with Gasteiger partial charge in [-0.05, 0) is 48.0 Å². The number of halogens is 3. The average molecular weight is 446 g/mol. The summed E-state index contributed by atoms with van der Waals surface area (Å²) < 4.78 is 32.6. The molecule has 0 radical (unpaired) electrons. The molecule has 0 saturated heterocycles. The molecule has 0 bridgehead atoms. The maximum absolute atomic E-state index is 13.7. The fourth-order valence-electron chi connectivity index (χ4n) is 2.87. The maximum Gasteiger partial charge on any atom is 0.323 e. The highest BCUT2D eigenvalue weighted by Gasteiger charge is 2.19. The monoisotopic (exact) mass is 445 g/mol. The highest BCUT2D eigenvalue weighted by atomic mass is 35.5. The van der Waals surface area contributed by atoms with Crippen LogP contribution in [0.2, 0.25) is 5.02 Å². The normalized spacial score (nSPS) is 10.5. The first-order chi connectivity index (χ1) is 14.8. The Morgan fingerprint density at radius 2 is 1.68 bits per heavy atom. The van der Waals surface area contributed by atoms with Crippen LogP contribution in [-0.4, -0.2) is 28.4 Å². The van der Waals surface area contributed by atoms with Crippen molar-refractivity contribution >= 4 is 23.5 Å². The van der Waals surface area contributed by atoms with E-state index in [9.17, 15) is 23.5 Å². The van der Waals surface area contributed by atoms with E-state index in [1.165, 1.54) is 30.3 Å². The molecule has 0 aliphatic heterocycles. The van der Waals surface area contributed by atoms with E-state index in [1.807, 2.05) is 0 Å². The molecule has 0 aromatic heterocycles. The summed E-state index contributed by atoms with van der Waals surface area (Å²) in [5, 5.41) is 9.06. The van der Waals surface area contributed by atoms with Gasteiger partial charge in [0.25, 0.3) is 5.91 Å². The van der Waals surface area contributed by atoms with E-state index in [0.717, 1.165) is 11.0 Å². The van der Waals surface area contributed by atoms with Crippen LogP contribution < -0.4 is 4.74 Å². The average Bonchev–Trinajstić information content (AvgIpc) is 2.75. The second-order valence-corrected chi connectivity index (χ2v) is 7.12. The van der Waals surface area contributed by atoms with E-state index in [0.29, 0.717) is 16.9 Å². The largest absolute Gasteiger partial charge is 0.489 e. The van der Waals surface area contributed by atoms with Crippen LogP contribution in [0.25, 0.3) is 0 Å². The molecule has 5 nitrogen and oxygen atoms in total. The molecule has 3 aromatic rings. The summed E-state index contributed by atoms with van der Waals surface area (Å²) in [5.41, 5.74) is 1.13. The summed E-state index contributed by atoms with van der Waals surface area (Å²) >= 11 is 5.77. The van der Waals surface area contributed by atoms with Gasteiger partial charge in [-0.3, -0.25) is 9.59 Å². The first kappa shape index (κ1) is 22.2. The van der Waals surface area contributed by atoms with Crippen LogP contribution >= 0.6 is 11.6 Å². The van der Waals surface area contributed by atoms with E-state index in [2.05, 4.69) is 0 Å². The number of ether oxygens (including phenoxy) is 1. The second-order valence-electron chi connectivity index (χ2n) is 6.71. The maximum atomic E-state index is 13.7. The lowest BCUT2D eigenvalue weighted by Crippen LogP contribution is -2.35. The van der Waals surface area contributed by atoms with Crippen molar-refractivity contribution in [2.45, 2.75) is 13.2 Å². The molecule has 0 fully saturated rings. The summed E-state index contributed by atoms with van der Waals surface area (Å²) in [6.45, 7) is -0.577. The standard InChI is InChI=1S/C23H18ClF2NO4/c24-19-11-15(5-10-21(19)26)12-27(13-22(28)29)23(30)16-6-8-18(9-7-16)31-14-17-3-1-2-4-20(17)25/h1-11H,12-14H2,(H,28,29). The first-order valence-electron chi connectivity index (χ1n) is 9.25. The zero-order valence-electron chi connectivity index (χ0n) is 16.2. The van der Waals surface area contributed by atoms with E-state index in [-0.39, 0.29) is 29.6 Å². The van der Waals surface area contributed by atoms with E-state index in [1.54, 1.807) is 30.3 Å². The predicted molar refractivity (Wildman–Crippen MR) is 111 cm³/mol. The number of carbonyl (C=O) groups is 2. The van der Waals surface area contributed by atoms with Gasteiger partial charge >= 0.3 is 5.97 Å². The zero-order chi connectivity index (χ0) is 22.4. The molecule has 1 N–H and O–H groups in total. The summed E-state index contributed by atoms with van der Waals surface area (Å²) in [6, 6.07) is 16.2. The summed E-state index contributed by atoms with van der Waals surface area (Å²) in [5.74, 6) is -2.27. The smallest absolute Gasteiger partial charge is 0.323 e. The lowest BCUT2D eigenvalue weighted by atomic mass is 10.1. The topological polar surface area (TPSA) is 66.8 Å². The minimum atomic E-state index is -1.19. The highest BCUT2D eigenvalue weighted by molar-refractivity contribution is 6.30. The summed E-state index contributed by atoms with van der Waals surface area (Å²) in [6.07, 6.45) is 0. The number of hydrogen-bond donors (Lipinski definition) is 1. The number of benzene rings is 3. The molecule has 0 aliphatic carbocycles. The van der Waals surface area contributed by atoms with Crippen molar-refractivity contribution in [3.05, 3.63) is 100 Å². The molecule has 0 spiro atoms. The Labute approximate surface area is 182 Å². The second kappa shape index (κ2) is 10.0. The van der Waals surface area contributed by atoms with Gasteiger partial charge in [-0.1, -0.05) is 35.9 Å². The highest BCUT2D eigenvalue weighted by Crippen LogP contribution is 2.20. The van der Waals surface area contributed by atoms with Gasteiger partial charge in [-0.15, -0.1) is 0 Å². The third-order valence-electron chi connectivity index (χ3n) is 4.42. The SMILES string of the molecule is O=C(O)CN(Cc1ccc(F)c(Cl)c1)C(=O)c1ccc(OCc2ccccc2F)cc1. The van der Waals surface area contributed by atoms with Crippen molar-refractivity contribution in [2.24, 2.45) is 0 Å². The van der Waals surface area contributed by atoms with Crippen molar-refractivity contribution < 1.29 is 28.2 Å². The van der Waals surface area contributed by atoms with Crippen molar-refractivity contribution in [3.8, 4) is 5.75 Å². The molecule has 160 valence electrons. The fourth-order valence-corrected chi connectivity index (χ4v) is 3.08. The van der Waals surface area contributed by atoms with Gasteiger partial charge in [0.2, 0.25) is 0 Å². The van der Waals surface area contributed by atoms with Crippen LogP contribution in [0.4, 0.5) is 8.78 Å². The number of amides is 1. The molecule has 0 heterocycles. The van der Waals surface area contributed by atoms with Crippen LogP contribution in [-0.2, 0) is 17.9 Å². The fraction of sp³-hybridized carbons (Fsp3) is 0.130. The molecule has 8 heteroatoms. The predicted octanol–water partition coefficient (Wildman–Crippen LogP) is 4.92. The number of carboxylic acid groups (broad SMARTS) is 1. The number of carbonyl (C=O) groups excluding carboxylic acids is 1. The van der Waals surface area contributed by atoms with Crippen molar-refractivity contribution in [1.29, 1.82) is 0 Å². The van der Waals surface area contributed by atoms with Crippen molar-refractivity contribution in [1.82, 2.24) is 4.90 Å². The van der Waals surface area contributed by atoms with Gasteiger partial charge in [0.05, 0.1) is 5.02 Å². The summed E-state index contributed by atoms with van der Waals surface area (Å²) in [4.78, 5) is 25.2. The Hall–Kier alpha value is -3.45. The lowest BCUT2D eigenvalue weighted by molar-refractivity contribution is -0.137. The van der Waals surface area contributed by atoms with Gasteiger partial charge in [-0.2, -0.15) is 0 Å². The first-order valence-corrected chi connectivity index (χ1v) is 9.62. The molecule has 0 saturated carbocycles. The Kier molecular flexibility index (Phi) is 7.20. The third kappa shape index (κ3) is 6.02. The van der Waals surface area contributed by atoms with Crippen LogP contribution in [0.15, 0.2) is 66.7 Å². The van der Waals surface area contributed by atoms with Crippen molar-refractivity contribution in [3.63, 3.8) is 0 Å². The Bertz CT molecular complexity index is 1090. The van der Waals surface area contributed by atoms with E-state index >= 15 is 0 Å². The van der Waals surface area contributed by atoms with Crippen molar-refractivity contribution in [2.75, 3.05) is 6.54 Å². The van der Waals surface area contributed by atoms with E-state index in [4.69, 9.17) is 16.3 Å². The lowest BCUT2D eigenvalue weighted by Gasteiger charge is -2.21. The number of carboxylic acids is 1. The van der Waals surface area contributed by atoms with Crippen LogP contribution in [0.1, 0.15) is 21.5 Å². The number of aliphatic carboxylic acids is 1. The molecule has 31 heavy (non-hydrogen) atoms. The number of nitrogens with zero attached hydrogens (tertiary/aromatic N) is 1. The Morgan fingerprint density at radius 3 is 2.32 bits per heavy atom.